The van der Waals surface area contributed by atoms with Crippen LogP contribution >= 0.6 is 0 Å². The number of likely N-dealkylation sites (tertiary alicyclic amines) is 2. The molecular formula is C34H43F2N3O3. The highest BCUT2D eigenvalue weighted by Crippen LogP contribution is 2.45. The number of carbonyl (C=O) groups excluding carboxylic acids is 2. The molecule has 2 aromatic carbocycles. The number of piperidine rings is 1. The van der Waals surface area contributed by atoms with Crippen LogP contribution in [0.5, 0.6) is 5.75 Å². The van der Waals surface area contributed by atoms with Crippen LogP contribution in [0.2, 0.25) is 0 Å². The third-order valence-corrected chi connectivity index (χ3v) is 10.6. The fraction of sp³-hybridized carbons (Fsp3) is 0.588. The third kappa shape index (κ3) is 5.85. The van der Waals surface area contributed by atoms with Gasteiger partial charge in [-0.25, -0.2) is 8.78 Å². The summed E-state index contributed by atoms with van der Waals surface area (Å²) in [6, 6.07) is 17.9. The van der Waals surface area contributed by atoms with E-state index >= 15 is 0 Å². The van der Waals surface area contributed by atoms with E-state index in [1.807, 2.05) is 47.4 Å². The second kappa shape index (κ2) is 12.0. The quantitative estimate of drug-likeness (QED) is 0.462. The number of carbonyl (C=O) groups is 2. The number of nitrogens with one attached hydrogen (secondary N) is 1. The molecule has 1 N–H and O–H groups in total. The molecule has 226 valence electrons. The van der Waals surface area contributed by atoms with Gasteiger partial charge in [0.15, 0.2) is 5.78 Å². The highest BCUT2D eigenvalue weighted by molar-refractivity contribution is 5.87. The molecule has 0 radical (unpaired) electrons. The first-order valence-corrected chi connectivity index (χ1v) is 15.6. The summed E-state index contributed by atoms with van der Waals surface area (Å²) in [6.45, 7) is 4.23. The van der Waals surface area contributed by atoms with Crippen molar-refractivity contribution in [3.63, 3.8) is 0 Å². The van der Waals surface area contributed by atoms with Crippen molar-refractivity contribution in [2.45, 2.75) is 69.4 Å². The molecule has 6 rings (SSSR count). The van der Waals surface area contributed by atoms with Gasteiger partial charge in [-0.3, -0.25) is 14.5 Å². The number of ether oxygens (including phenoxy) is 1. The highest BCUT2D eigenvalue weighted by atomic mass is 19.3. The van der Waals surface area contributed by atoms with Crippen molar-refractivity contribution in [2.75, 3.05) is 39.8 Å². The minimum atomic E-state index is -2.66. The van der Waals surface area contributed by atoms with Gasteiger partial charge in [0.1, 0.15) is 5.75 Å². The first kappa shape index (κ1) is 29.2. The predicted molar refractivity (Wildman–Crippen MR) is 158 cm³/mol. The number of rotatable bonds is 8. The Bertz CT molecular complexity index is 1240. The summed E-state index contributed by atoms with van der Waals surface area (Å²) in [5.41, 5.74) is 1.92. The van der Waals surface area contributed by atoms with Crippen molar-refractivity contribution < 1.29 is 23.1 Å². The number of ketones is 1. The molecule has 4 aliphatic rings. The molecule has 1 spiro atoms. The van der Waals surface area contributed by atoms with Crippen LogP contribution in [0.1, 0.15) is 62.0 Å². The number of Topliss-reactive ketones (excluding diaryl/α,β-unsaturated/α-hetero) is 1. The van der Waals surface area contributed by atoms with Crippen LogP contribution in [0, 0.1) is 17.3 Å². The predicted octanol–water partition coefficient (Wildman–Crippen LogP) is 5.28. The van der Waals surface area contributed by atoms with E-state index in [4.69, 9.17) is 4.74 Å². The molecule has 4 fully saturated rings. The van der Waals surface area contributed by atoms with Gasteiger partial charge in [0, 0.05) is 56.8 Å². The summed E-state index contributed by atoms with van der Waals surface area (Å²) in [5, 5.41) is 3.54. The van der Waals surface area contributed by atoms with E-state index in [-0.39, 0.29) is 66.6 Å². The Hall–Kier alpha value is -2.84. The molecule has 0 bridgehead atoms. The van der Waals surface area contributed by atoms with Crippen LogP contribution < -0.4 is 10.1 Å². The molecule has 1 aliphatic carbocycles. The van der Waals surface area contributed by atoms with E-state index in [0.29, 0.717) is 19.6 Å². The van der Waals surface area contributed by atoms with Gasteiger partial charge >= 0.3 is 0 Å². The number of nitrogens with zero attached hydrogens (tertiary/aromatic N) is 2. The maximum Gasteiger partial charge on any atom is 0.248 e. The maximum absolute atomic E-state index is 14.3. The molecule has 3 aliphatic heterocycles. The zero-order chi connectivity index (χ0) is 29.3. The lowest BCUT2D eigenvalue weighted by Crippen LogP contribution is -2.55. The molecule has 6 nitrogen and oxygen atoms in total. The Balaban J connectivity index is 1.18. The average Bonchev–Trinajstić information content (AvgIpc) is 3.60. The van der Waals surface area contributed by atoms with Gasteiger partial charge in [0.2, 0.25) is 11.8 Å². The fourth-order valence-electron chi connectivity index (χ4n) is 8.01. The number of hydrogen-bond acceptors (Lipinski definition) is 5. The van der Waals surface area contributed by atoms with Crippen molar-refractivity contribution in [2.24, 2.45) is 17.3 Å². The lowest BCUT2D eigenvalue weighted by molar-refractivity contribution is -0.141. The summed E-state index contributed by atoms with van der Waals surface area (Å²) in [5.74, 6) is -1.57. The summed E-state index contributed by atoms with van der Waals surface area (Å²) >= 11 is 0. The maximum atomic E-state index is 14.3. The molecule has 3 heterocycles. The van der Waals surface area contributed by atoms with Crippen molar-refractivity contribution in [3.05, 3.63) is 65.7 Å². The largest absolute Gasteiger partial charge is 0.497 e. The number of methoxy groups -OCH3 is 1. The normalized spacial score (nSPS) is 26.9. The smallest absolute Gasteiger partial charge is 0.248 e. The first-order valence-electron chi connectivity index (χ1n) is 15.6. The number of alkyl halides is 2. The van der Waals surface area contributed by atoms with Gasteiger partial charge in [-0.15, -0.1) is 0 Å². The molecule has 1 amide bonds. The van der Waals surface area contributed by atoms with Crippen LogP contribution in [0.15, 0.2) is 54.6 Å². The molecule has 0 aromatic heterocycles. The summed E-state index contributed by atoms with van der Waals surface area (Å²) in [7, 11) is 1.64. The minimum absolute atomic E-state index is 0.0715. The Labute approximate surface area is 247 Å². The first-order chi connectivity index (χ1) is 20.3. The lowest BCUT2D eigenvalue weighted by atomic mass is 9.72. The fourth-order valence-corrected chi connectivity index (χ4v) is 8.01. The van der Waals surface area contributed by atoms with Gasteiger partial charge < -0.3 is 15.0 Å². The van der Waals surface area contributed by atoms with Crippen LogP contribution in [0.25, 0.3) is 0 Å². The number of hydrogen-bond donors (Lipinski definition) is 1. The molecule has 8 heteroatoms. The van der Waals surface area contributed by atoms with E-state index in [1.54, 1.807) is 7.11 Å². The second-order valence-corrected chi connectivity index (χ2v) is 13.0. The molecule has 3 saturated heterocycles. The molecule has 1 saturated carbocycles. The Morgan fingerprint density at radius 2 is 1.62 bits per heavy atom. The molecule has 2 aromatic rings. The van der Waals surface area contributed by atoms with Crippen LogP contribution in [-0.2, 0) is 16.1 Å². The molecular weight excluding hydrogens is 536 g/mol. The van der Waals surface area contributed by atoms with E-state index in [9.17, 15) is 18.4 Å². The second-order valence-electron chi connectivity index (χ2n) is 13.0. The zero-order valence-electron chi connectivity index (χ0n) is 24.6. The molecule has 1 unspecified atom stereocenters. The van der Waals surface area contributed by atoms with Crippen molar-refractivity contribution in [1.82, 2.24) is 15.1 Å². The van der Waals surface area contributed by atoms with Crippen molar-refractivity contribution in [1.29, 1.82) is 0 Å². The minimum Gasteiger partial charge on any atom is -0.497 e. The van der Waals surface area contributed by atoms with Gasteiger partial charge in [-0.2, -0.15) is 0 Å². The lowest BCUT2D eigenvalue weighted by Gasteiger charge is -2.45. The SMILES string of the molecule is COc1ccc(CN2CCC3(CCN(C(C(=O)C4CCC(F)(F)CC4)[C@@H]4CNC[C@@H]4c4ccccc4)CC3)C2=O)cc1. The van der Waals surface area contributed by atoms with Crippen LogP contribution in [0.4, 0.5) is 8.78 Å². The van der Waals surface area contributed by atoms with Gasteiger partial charge in [0.25, 0.3) is 0 Å². The van der Waals surface area contributed by atoms with E-state index in [1.165, 1.54) is 5.56 Å². The van der Waals surface area contributed by atoms with Crippen LogP contribution in [-0.4, -0.2) is 73.3 Å². The van der Waals surface area contributed by atoms with Crippen molar-refractivity contribution >= 4 is 11.7 Å². The Morgan fingerprint density at radius 3 is 2.29 bits per heavy atom. The van der Waals surface area contributed by atoms with Crippen LogP contribution in [0.3, 0.4) is 0 Å². The van der Waals surface area contributed by atoms with Crippen molar-refractivity contribution in [3.8, 4) is 5.75 Å². The van der Waals surface area contributed by atoms with Gasteiger partial charge in [0.05, 0.1) is 18.6 Å². The Morgan fingerprint density at radius 1 is 0.952 bits per heavy atom. The number of halogens is 2. The molecule has 3 atom stereocenters. The standard InChI is InChI=1S/C34H43F2N3O3/c1-42-27-9-7-24(8-10-27)23-39-20-17-33(32(39)41)15-18-38(19-16-33)30(31(40)26-11-13-34(35,36)14-12-26)29-22-37-21-28(29)25-5-3-2-4-6-25/h2-10,26,28-30,37H,11-23H2,1H3/t28-,29-,30?/m1/s1. The summed E-state index contributed by atoms with van der Waals surface area (Å²) in [4.78, 5) is 32.3. The van der Waals surface area contributed by atoms with E-state index < -0.39 is 5.92 Å². The number of benzene rings is 2. The average molecular weight is 580 g/mol. The topological polar surface area (TPSA) is 61.9 Å². The monoisotopic (exact) mass is 579 g/mol. The van der Waals surface area contributed by atoms with Gasteiger partial charge in [-0.1, -0.05) is 42.5 Å². The Kier molecular flexibility index (Phi) is 8.38. The highest BCUT2D eigenvalue weighted by Gasteiger charge is 2.51. The summed E-state index contributed by atoms with van der Waals surface area (Å²) < 4.78 is 33.3. The van der Waals surface area contributed by atoms with E-state index in [0.717, 1.165) is 50.2 Å². The molecule has 42 heavy (non-hydrogen) atoms. The van der Waals surface area contributed by atoms with Gasteiger partial charge in [-0.05, 0) is 68.5 Å². The number of amides is 1. The summed E-state index contributed by atoms with van der Waals surface area (Å²) in [6.07, 6.45) is 2.40. The zero-order valence-corrected chi connectivity index (χ0v) is 24.6. The van der Waals surface area contributed by atoms with E-state index in [2.05, 4.69) is 22.3 Å². The third-order valence-electron chi connectivity index (χ3n) is 10.6.